The lowest BCUT2D eigenvalue weighted by molar-refractivity contribution is -0.123. The first kappa shape index (κ1) is 20.4. The van der Waals surface area contributed by atoms with E-state index >= 15 is 0 Å². The van der Waals surface area contributed by atoms with Crippen molar-refractivity contribution in [2.24, 2.45) is 0 Å². The monoisotopic (exact) mass is 436 g/mol. The van der Waals surface area contributed by atoms with Gasteiger partial charge < -0.3 is 14.8 Å². The minimum absolute atomic E-state index is 0.0701. The van der Waals surface area contributed by atoms with Crippen molar-refractivity contribution in [1.82, 2.24) is 10.2 Å². The maximum atomic E-state index is 12.7. The van der Waals surface area contributed by atoms with Crippen LogP contribution >= 0.6 is 11.6 Å². The second-order valence-electron chi connectivity index (χ2n) is 7.07. The van der Waals surface area contributed by atoms with Crippen molar-refractivity contribution >= 4 is 35.6 Å². The SMILES string of the molecule is Cc1cccc(CN2C(=O)N/C(=C/c3ccc(-c4cc(C(=O)O)ccc4Cl)o3)C2=O)c1. The average molecular weight is 437 g/mol. The van der Waals surface area contributed by atoms with Crippen molar-refractivity contribution in [2.45, 2.75) is 13.5 Å². The Labute approximate surface area is 182 Å². The summed E-state index contributed by atoms with van der Waals surface area (Å²) >= 11 is 6.18. The smallest absolute Gasteiger partial charge is 0.335 e. The average Bonchev–Trinajstić information content (AvgIpc) is 3.28. The number of furan rings is 1. The van der Waals surface area contributed by atoms with E-state index in [1.165, 1.54) is 24.3 Å². The van der Waals surface area contributed by atoms with E-state index < -0.39 is 17.9 Å². The lowest BCUT2D eigenvalue weighted by Crippen LogP contribution is -2.30. The first-order chi connectivity index (χ1) is 14.8. The molecule has 0 atom stereocenters. The summed E-state index contributed by atoms with van der Waals surface area (Å²) < 4.78 is 5.72. The highest BCUT2D eigenvalue weighted by Crippen LogP contribution is 2.31. The molecule has 0 aliphatic carbocycles. The fourth-order valence-corrected chi connectivity index (χ4v) is 3.48. The Morgan fingerprint density at radius 2 is 1.97 bits per heavy atom. The van der Waals surface area contributed by atoms with E-state index in [2.05, 4.69) is 5.32 Å². The van der Waals surface area contributed by atoms with Crippen molar-refractivity contribution < 1.29 is 23.9 Å². The topological polar surface area (TPSA) is 99.8 Å². The number of amides is 3. The van der Waals surface area contributed by atoms with E-state index in [9.17, 15) is 19.5 Å². The first-order valence-corrected chi connectivity index (χ1v) is 9.73. The number of aryl methyl sites for hydroxylation is 1. The molecule has 156 valence electrons. The Hall–Kier alpha value is -3.84. The Kier molecular flexibility index (Phi) is 5.35. The Morgan fingerprint density at radius 1 is 1.16 bits per heavy atom. The van der Waals surface area contributed by atoms with E-state index in [-0.39, 0.29) is 17.8 Å². The number of imide groups is 1. The predicted molar refractivity (Wildman–Crippen MR) is 114 cm³/mol. The molecule has 4 rings (SSSR count). The third-order valence-electron chi connectivity index (χ3n) is 4.78. The van der Waals surface area contributed by atoms with Crippen LogP contribution in [0.2, 0.25) is 5.02 Å². The molecule has 0 unspecified atom stereocenters. The second kappa shape index (κ2) is 8.12. The molecule has 2 N–H and O–H groups in total. The summed E-state index contributed by atoms with van der Waals surface area (Å²) in [5, 5.41) is 12.1. The van der Waals surface area contributed by atoms with Gasteiger partial charge in [0.05, 0.1) is 17.1 Å². The van der Waals surface area contributed by atoms with Crippen LogP contribution in [0, 0.1) is 6.92 Å². The molecule has 0 radical (unpaired) electrons. The third kappa shape index (κ3) is 4.22. The lowest BCUT2D eigenvalue weighted by atomic mass is 10.1. The first-order valence-electron chi connectivity index (χ1n) is 9.35. The van der Waals surface area contributed by atoms with E-state index in [0.29, 0.717) is 22.1 Å². The summed E-state index contributed by atoms with van der Waals surface area (Å²) in [5.74, 6) is -0.892. The zero-order chi connectivity index (χ0) is 22.1. The van der Waals surface area contributed by atoms with Crippen LogP contribution in [-0.4, -0.2) is 27.9 Å². The zero-order valence-electron chi connectivity index (χ0n) is 16.4. The van der Waals surface area contributed by atoms with Crippen LogP contribution in [0.5, 0.6) is 0 Å². The summed E-state index contributed by atoms with van der Waals surface area (Å²) in [6, 6.07) is 14.6. The number of rotatable bonds is 5. The number of carboxylic acid groups (broad SMARTS) is 1. The van der Waals surface area contributed by atoms with Crippen molar-refractivity contribution in [3.05, 3.63) is 87.8 Å². The van der Waals surface area contributed by atoms with Crippen LogP contribution < -0.4 is 5.32 Å². The molecule has 1 fully saturated rings. The zero-order valence-corrected chi connectivity index (χ0v) is 17.1. The van der Waals surface area contributed by atoms with E-state index in [4.69, 9.17) is 16.0 Å². The molecule has 1 aromatic heterocycles. The van der Waals surface area contributed by atoms with Crippen LogP contribution in [0.1, 0.15) is 27.2 Å². The van der Waals surface area contributed by atoms with Gasteiger partial charge in [-0.15, -0.1) is 0 Å². The maximum absolute atomic E-state index is 12.7. The summed E-state index contributed by atoms with van der Waals surface area (Å²) in [7, 11) is 0. The lowest BCUT2D eigenvalue weighted by Gasteiger charge is -2.12. The molecule has 1 saturated heterocycles. The van der Waals surface area contributed by atoms with Crippen LogP contribution in [0.25, 0.3) is 17.4 Å². The van der Waals surface area contributed by atoms with Gasteiger partial charge in [0, 0.05) is 11.6 Å². The van der Waals surface area contributed by atoms with Crippen LogP contribution in [-0.2, 0) is 11.3 Å². The summed E-state index contributed by atoms with van der Waals surface area (Å²) in [4.78, 5) is 37.3. The van der Waals surface area contributed by atoms with Gasteiger partial charge in [-0.05, 0) is 42.8 Å². The van der Waals surface area contributed by atoms with E-state index in [0.717, 1.165) is 16.0 Å². The predicted octanol–water partition coefficient (Wildman–Crippen LogP) is 4.70. The molecule has 1 aliphatic rings. The highest BCUT2D eigenvalue weighted by molar-refractivity contribution is 6.33. The number of carboxylic acids is 1. The second-order valence-corrected chi connectivity index (χ2v) is 7.48. The van der Waals surface area contributed by atoms with Gasteiger partial charge in [0.15, 0.2) is 0 Å². The minimum atomic E-state index is -1.08. The van der Waals surface area contributed by atoms with Gasteiger partial charge in [0.2, 0.25) is 0 Å². The van der Waals surface area contributed by atoms with Crippen molar-refractivity contribution in [2.75, 3.05) is 0 Å². The quantitative estimate of drug-likeness (QED) is 0.446. The van der Waals surface area contributed by atoms with Crippen LogP contribution in [0.4, 0.5) is 4.79 Å². The van der Waals surface area contributed by atoms with Gasteiger partial charge in [0.25, 0.3) is 5.91 Å². The molecule has 2 heterocycles. The van der Waals surface area contributed by atoms with Gasteiger partial charge in [-0.1, -0.05) is 41.4 Å². The Balaban J connectivity index is 1.57. The molecule has 8 heteroatoms. The molecule has 7 nitrogen and oxygen atoms in total. The number of aromatic carboxylic acids is 1. The molecule has 2 aromatic carbocycles. The number of benzene rings is 2. The van der Waals surface area contributed by atoms with Gasteiger partial charge in [0.1, 0.15) is 17.2 Å². The number of nitrogens with zero attached hydrogens (tertiary/aromatic N) is 1. The van der Waals surface area contributed by atoms with Gasteiger partial charge in [-0.2, -0.15) is 0 Å². The fraction of sp³-hybridized carbons (Fsp3) is 0.0870. The third-order valence-corrected chi connectivity index (χ3v) is 5.11. The highest BCUT2D eigenvalue weighted by Gasteiger charge is 2.33. The van der Waals surface area contributed by atoms with Gasteiger partial charge >= 0.3 is 12.0 Å². The summed E-state index contributed by atoms with van der Waals surface area (Å²) in [5.41, 5.74) is 2.45. The normalized spacial score (nSPS) is 14.9. The number of hydrogen-bond donors (Lipinski definition) is 2. The van der Waals surface area contributed by atoms with E-state index in [1.807, 2.05) is 31.2 Å². The van der Waals surface area contributed by atoms with Crippen molar-refractivity contribution in [1.29, 1.82) is 0 Å². The molecule has 0 spiro atoms. The number of halogens is 1. The Bertz CT molecular complexity index is 1240. The summed E-state index contributed by atoms with van der Waals surface area (Å²) in [6.45, 7) is 2.10. The summed E-state index contributed by atoms with van der Waals surface area (Å²) in [6.07, 6.45) is 1.43. The molecular weight excluding hydrogens is 420 g/mol. The number of carbonyl (C=O) groups is 3. The molecule has 0 saturated carbocycles. The molecule has 3 aromatic rings. The molecular formula is C23H17ClN2O5. The van der Waals surface area contributed by atoms with Crippen molar-refractivity contribution in [3.8, 4) is 11.3 Å². The maximum Gasteiger partial charge on any atom is 0.335 e. The van der Waals surface area contributed by atoms with E-state index in [1.54, 1.807) is 12.1 Å². The Morgan fingerprint density at radius 3 is 2.71 bits per heavy atom. The van der Waals surface area contributed by atoms with Gasteiger partial charge in [-0.25, -0.2) is 9.59 Å². The van der Waals surface area contributed by atoms with Gasteiger partial charge in [-0.3, -0.25) is 9.69 Å². The van der Waals surface area contributed by atoms with Crippen LogP contribution in [0.15, 0.2) is 64.7 Å². The standard InChI is InChI=1S/C23H17ClN2O5/c1-13-3-2-4-14(9-13)12-26-21(27)19(25-23(26)30)11-16-6-8-20(31-16)17-10-15(22(28)29)5-7-18(17)24/h2-11H,12H2,1H3,(H,25,30)(H,28,29)/b19-11+. The number of hydrogen-bond acceptors (Lipinski definition) is 4. The van der Waals surface area contributed by atoms with Crippen LogP contribution in [0.3, 0.4) is 0 Å². The number of carbonyl (C=O) groups excluding carboxylic acids is 2. The molecule has 1 aliphatic heterocycles. The molecule has 31 heavy (non-hydrogen) atoms. The molecule has 0 bridgehead atoms. The number of urea groups is 1. The van der Waals surface area contributed by atoms with Crippen molar-refractivity contribution in [3.63, 3.8) is 0 Å². The molecule has 3 amide bonds. The minimum Gasteiger partial charge on any atom is -0.478 e. The number of nitrogens with one attached hydrogen (secondary N) is 1. The highest BCUT2D eigenvalue weighted by atomic mass is 35.5. The fourth-order valence-electron chi connectivity index (χ4n) is 3.27. The largest absolute Gasteiger partial charge is 0.478 e.